The topological polar surface area (TPSA) is 53.2 Å². The van der Waals surface area contributed by atoms with Crippen LogP contribution in [-0.4, -0.2) is 28.9 Å². The predicted molar refractivity (Wildman–Crippen MR) is 61.6 cm³/mol. The van der Waals surface area contributed by atoms with Gasteiger partial charge in [-0.2, -0.15) is 0 Å². The van der Waals surface area contributed by atoms with E-state index in [1.54, 1.807) is 6.92 Å². The zero-order chi connectivity index (χ0) is 11.5. The molecule has 4 nitrogen and oxygen atoms in total. The monoisotopic (exact) mass is 220 g/mol. The summed E-state index contributed by atoms with van der Waals surface area (Å²) in [5, 5.41) is 0. The first-order chi connectivity index (χ1) is 7.68. The quantitative estimate of drug-likeness (QED) is 0.775. The Hall–Kier alpha value is -1.58. The summed E-state index contributed by atoms with van der Waals surface area (Å²) in [7, 11) is 0. The maximum Gasteiger partial charge on any atom is 0.255 e. The molecule has 1 amide bonds. The van der Waals surface area contributed by atoms with E-state index in [0.717, 1.165) is 31.5 Å². The molecule has 0 saturated carbocycles. The number of aryl methyl sites for hydroxylation is 1. The Morgan fingerprint density at radius 3 is 2.62 bits per heavy atom. The third-order valence-electron chi connectivity index (χ3n) is 3.00. The van der Waals surface area contributed by atoms with E-state index >= 15 is 0 Å². The number of pyridine rings is 1. The molecule has 2 rings (SSSR count). The highest BCUT2D eigenvalue weighted by atomic mass is 16.2. The molecule has 0 aliphatic carbocycles. The maximum atomic E-state index is 12.1. The summed E-state index contributed by atoms with van der Waals surface area (Å²) < 4.78 is 0. The fraction of sp³-hybridized carbons (Fsp3) is 0.500. The second-order valence-electron chi connectivity index (χ2n) is 4.25. The molecule has 1 aliphatic heterocycles. The molecule has 0 radical (unpaired) electrons. The number of nitrogens with one attached hydrogen (secondary N) is 1. The van der Waals surface area contributed by atoms with Gasteiger partial charge in [-0.05, 0) is 31.7 Å². The summed E-state index contributed by atoms with van der Waals surface area (Å²) in [5.74, 6) is 0.0356. The van der Waals surface area contributed by atoms with Crippen molar-refractivity contribution in [1.29, 1.82) is 0 Å². The van der Waals surface area contributed by atoms with Crippen LogP contribution in [0.25, 0.3) is 0 Å². The number of carbonyl (C=O) groups is 1. The van der Waals surface area contributed by atoms with Gasteiger partial charge in [0, 0.05) is 25.4 Å². The van der Waals surface area contributed by atoms with Crippen molar-refractivity contribution < 1.29 is 4.79 Å². The van der Waals surface area contributed by atoms with E-state index in [1.807, 2.05) is 4.90 Å². The Morgan fingerprint density at radius 1 is 1.31 bits per heavy atom. The van der Waals surface area contributed by atoms with Crippen LogP contribution in [0.15, 0.2) is 17.1 Å². The lowest BCUT2D eigenvalue weighted by molar-refractivity contribution is 0.0723. The number of hydrogen-bond donors (Lipinski definition) is 1. The van der Waals surface area contributed by atoms with Gasteiger partial charge in [0.15, 0.2) is 0 Å². The first kappa shape index (κ1) is 10.9. The van der Waals surface area contributed by atoms with E-state index in [2.05, 4.69) is 4.98 Å². The second kappa shape index (κ2) is 4.51. The number of rotatable bonds is 1. The molecule has 1 aromatic heterocycles. The Bertz CT molecular complexity index is 445. The lowest BCUT2D eigenvalue weighted by Crippen LogP contribution is -2.36. The molecule has 0 unspecified atom stereocenters. The highest BCUT2D eigenvalue weighted by Crippen LogP contribution is 2.14. The van der Waals surface area contributed by atoms with Crippen LogP contribution in [0, 0.1) is 6.92 Å². The number of amides is 1. The summed E-state index contributed by atoms with van der Waals surface area (Å²) >= 11 is 0. The van der Waals surface area contributed by atoms with Crippen molar-refractivity contribution in [3.05, 3.63) is 33.7 Å². The van der Waals surface area contributed by atoms with Crippen LogP contribution in [0.5, 0.6) is 0 Å². The van der Waals surface area contributed by atoms with Gasteiger partial charge in [0.25, 0.3) is 5.91 Å². The van der Waals surface area contributed by atoms with E-state index in [1.165, 1.54) is 18.7 Å². The SMILES string of the molecule is Cc1cc(=O)[nH]cc1C(=O)N1CCCCC1. The first-order valence-electron chi connectivity index (χ1n) is 5.67. The normalized spacial score (nSPS) is 16.2. The third kappa shape index (κ3) is 2.15. The van der Waals surface area contributed by atoms with E-state index < -0.39 is 0 Å². The molecule has 4 heteroatoms. The first-order valence-corrected chi connectivity index (χ1v) is 5.67. The fourth-order valence-electron chi connectivity index (χ4n) is 2.07. The number of nitrogens with zero attached hydrogens (tertiary/aromatic N) is 1. The average molecular weight is 220 g/mol. The van der Waals surface area contributed by atoms with E-state index in [-0.39, 0.29) is 11.5 Å². The molecule has 1 fully saturated rings. The minimum atomic E-state index is -0.160. The van der Waals surface area contributed by atoms with Gasteiger partial charge in [0.05, 0.1) is 5.56 Å². The molecule has 0 atom stereocenters. The van der Waals surface area contributed by atoms with Gasteiger partial charge in [-0.1, -0.05) is 0 Å². The summed E-state index contributed by atoms with van der Waals surface area (Å²) in [4.78, 5) is 27.6. The number of piperidine rings is 1. The molecule has 1 saturated heterocycles. The number of aromatic amines is 1. The van der Waals surface area contributed by atoms with Gasteiger partial charge in [-0.3, -0.25) is 9.59 Å². The Morgan fingerprint density at radius 2 is 2.00 bits per heavy atom. The number of aromatic nitrogens is 1. The zero-order valence-corrected chi connectivity index (χ0v) is 9.45. The van der Waals surface area contributed by atoms with Crippen LogP contribution in [0.2, 0.25) is 0 Å². The van der Waals surface area contributed by atoms with E-state index in [0.29, 0.717) is 5.56 Å². The van der Waals surface area contributed by atoms with Crippen LogP contribution in [0.4, 0.5) is 0 Å². The van der Waals surface area contributed by atoms with Crippen molar-refractivity contribution in [3.8, 4) is 0 Å². The van der Waals surface area contributed by atoms with Crippen LogP contribution in [-0.2, 0) is 0 Å². The van der Waals surface area contributed by atoms with Crippen LogP contribution in [0.3, 0.4) is 0 Å². The summed E-state index contributed by atoms with van der Waals surface area (Å²) in [6, 6.07) is 1.47. The number of hydrogen-bond acceptors (Lipinski definition) is 2. The zero-order valence-electron chi connectivity index (χ0n) is 9.45. The van der Waals surface area contributed by atoms with E-state index in [4.69, 9.17) is 0 Å². The maximum absolute atomic E-state index is 12.1. The van der Waals surface area contributed by atoms with Crippen molar-refractivity contribution in [1.82, 2.24) is 9.88 Å². The molecule has 0 spiro atoms. The van der Waals surface area contributed by atoms with E-state index in [9.17, 15) is 9.59 Å². The molecule has 2 heterocycles. The van der Waals surface area contributed by atoms with Crippen molar-refractivity contribution in [2.75, 3.05) is 13.1 Å². The lowest BCUT2D eigenvalue weighted by atomic mass is 10.1. The van der Waals surface area contributed by atoms with Gasteiger partial charge in [0.1, 0.15) is 0 Å². The third-order valence-corrected chi connectivity index (χ3v) is 3.00. The van der Waals surface area contributed by atoms with Gasteiger partial charge >= 0.3 is 0 Å². The molecular formula is C12H16N2O2. The average Bonchev–Trinajstić information content (AvgIpc) is 2.29. The summed E-state index contributed by atoms with van der Waals surface area (Å²) in [6.45, 7) is 3.46. The molecule has 1 aliphatic rings. The highest BCUT2D eigenvalue weighted by Gasteiger charge is 2.19. The molecule has 1 aromatic rings. The van der Waals surface area contributed by atoms with Crippen LogP contribution in [0.1, 0.15) is 35.2 Å². The molecule has 0 bridgehead atoms. The Balaban J connectivity index is 2.22. The molecule has 1 N–H and O–H groups in total. The van der Waals surface area contributed by atoms with Crippen molar-refractivity contribution in [2.45, 2.75) is 26.2 Å². The minimum absolute atomic E-state index is 0.0356. The Labute approximate surface area is 94.3 Å². The molecule has 16 heavy (non-hydrogen) atoms. The number of likely N-dealkylation sites (tertiary alicyclic amines) is 1. The van der Waals surface area contributed by atoms with Gasteiger partial charge in [0.2, 0.25) is 5.56 Å². The standard InChI is InChI=1S/C12H16N2O2/c1-9-7-11(15)13-8-10(9)12(16)14-5-3-2-4-6-14/h7-8H,2-6H2,1H3,(H,13,15). The lowest BCUT2D eigenvalue weighted by Gasteiger charge is -2.27. The summed E-state index contributed by atoms with van der Waals surface area (Å²) in [6.07, 6.45) is 4.88. The van der Waals surface area contributed by atoms with Crippen LogP contribution >= 0.6 is 0 Å². The van der Waals surface area contributed by atoms with Crippen molar-refractivity contribution in [3.63, 3.8) is 0 Å². The van der Waals surface area contributed by atoms with Crippen molar-refractivity contribution >= 4 is 5.91 Å². The smallest absolute Gasteiger partial charge is 0.255 e. The summed E-state index contributed by atoms with van der Waals surface area (Å²) in [5.41, 5.74) is 1.20. The van der Waals surface area contributed by atoms with Crippen molar-refractivity contribution in [2.24, 2.45) is 0 Å². The second-order valence-corrected chi connectivity index (χ2v) is 4.25. The largest absolute Gasteiger partial charge is 0.339 e. The highest BCUT2D eigenvalue weighted by molar-refractivity contribution is 5.95. The fourth-order valence-corrected chi connectivity index (χ4v) is 2.07. The van der Waals surface area contributed by atoms with Crippen LogP contribution < -0.4 is 5.56 Å². The van der Waals surface area contributed by atoms with Gasteiger partial charge < -0.3 is 9.88 Å². The minimum Gasteiger partial charge on any atom is -0.339 e. The molecule has 0 aromatic carbocycles. The number of carbonyl (C=O) groups excluding carboxylic acids is 1. The Kier molecular flexibility index (Phi) is 3.08. The molecule has 86 valence electrons. The van der Waals surface area contributed by atoms with Gasteiger partial charge in [-0.25, -0.2) is 0 Å². The number of H-pyrrole nitrogens is 1. The predicted octanol–water partition coefficient (Wildman–Crippen LogP) is 1.31. The van der Waals surface area contributed by atoms with Gasteiger partial charge in [-0.15, -0.1) is 0 Å². The molecular weight excluding hydrogens is 204 g/mol.